The minimum atomic E-state index is -0.963. The summed E-state index contributed by atoms with van der Waals surface area (Å²) in [5.74, 6) is -0.189. The second-order valence-corrected chi connectivity index (χ2v) is 4.72. The zero-order chi connectivity index (χ0) is 15.0. The van der Waals surface area contributed by atoms with Gasteiger partial charge in [0.25, 0.3) is 0 Å². The van der Waals surface area contributed by atoms with E-state index in [0.29, 0.717) is 5.69 Å². The minimum Gasteiger partial charge on any atom is -0.495 e. The first-order chi connectivity index (χ1) is 10.1. The molecule has 0 spiro atoms. The molecule has 0 amide bonds. The first-order valence-electron chi connectivity index (χ1n) is 6.44. The van der Waals surface area contributed by atoms with Crippen LogP contribution in [0.5, 0.6) is 5.75 Å². The van der Waals surface area contributed by atoms with E-state index in [9.17, 15) is 4.79 Å². The first-order valence-corrected chi connectivity index (χ1v) is 6.44. The fraction of sp³-hybridized carbons (Fsp3) is 0.125. The molecule has 0 radical (unpaired) electrons. The van der Waals surface area contributed by atoms with Crippen LogP contribution in [-0.2, 0) is 7.05 Å². The van der Waals surface area contributed by atoms with E-state index >= 15 is 0 Å². The molecule has 0 aliphatic rings. The molecule has 3 aromatic rings. The Labute approximate surface area is 121 Å². The molecular formula is C16H14N2O3. The molecule has 106 valence electrons. The fourth-order valence-corrected chi connectivity index (χ4v) is 2.49. The van der Waals surface area contributed by atoms with Crippen LogP contribution in [0.4, 0.5) is 0 Å². The molecule has 0 saturated carbocycles. The lowest BCUT2D eigenvalue weighted by Crippen LogP contribution is -1.99. The molecule has 21 heavy (non-hydrogen) atoms. The van der Waals surface area contributed by atoms with E-state index in [1.807, 2.05) is 35.9 Å². The van der Waals surface area contributed by atoms with Crippen LogP contribution in [0.3, 0.4) is 0 Å². The molecular weight excluding hydrogens is 268 g/mol. The number of methoxy groups -OCH3 is 1. The van der Waals surface area contributed by atoms with Crippen molar-refractivity contribution in [3.05, 3.63) is 48.2 Å². The minimum absolute atomic E-state index is 0.220. The number of hydrogen-bond donors (Lipinski definition) is 1. The number of pyridine rings is 1. The summed E-state index contributed by atoms with van der Waals surface area (Å²) in [5, 5.41) is 10.1. The molecule has 0 unspecified atom stereocenters. The number of aryl methyl sites for hydroxylation is 1. The van der Waals surface area contributed by atoms with E-state index in [0.717, 1.165) is 22.3 Å². The number of benzene rings is 1. The number of ether oxygens (including phenoxy) is 1. The SMILES string of the molecule is COc1cccc2cc(-c3cc(C(=O)O)ccn3)n(C)c12. The van der Waals surface area contributed by atoms with Gasteiger partial charge in [0.05, 0.1) is 29.6 Å². The van der Waals surface area contributed by atoms with Crippen molar-refractivity contribution in [1.82, 2.24) is 9.55 Å². The number of carboxylic acids is 1. The highest BCUT2D eigenvalue weighted by Gasteiger charge is 2.14. The number of carboxylic acid groups (broad SMARTS) is 1. The van der Waals surface area contributed by atoms with Gasteiger partial charge in [0.2, 0.25) is 0 Å². The predicted molar refractivity (Wildman–Crippen MR) is 79.7 cm³/mol. The molecule has 5 heteroatoms. The van der Waals surface area contributed by atoms with Crippen LogP contribution >= 0.6 is 0 Å². The van der Waals surface area contributed by atoms with E-state index in [-0.39, 0.29) is 5.56 Å². The van der Waals surface area contributed by atoms with Gasteiger partial charge in [-0.05, 0) is 24.3 Å². The molecule has 0 saturated heterocycles. The number of hydrogen-bond acceptors (Lipinski definition) is 3. The molecule has 0 aliphatic carbocycles. The molecule has 2 aromatic heterocycles. The standard InChI is InChI=1S/C16H14N2O3/c1-18-13(12-8-11(16(19)20)6-7-17-12)9-10-4-3-5-14(21-2)15(10)18/h3-9H,1-2H3,(H,19,20). The lowest BCUT2D eigenvalue weighted by Gasteiger charge is -2.07. The van der Waals surface area contributed by atoms with Gasteiger partial charge in [0.15, 0.2) is 0 Å². The third kappa shape index (κ3) is 2.12. The van der Waals surface area contributed by atoms with Crippen LogP contribution < -0.4 is 4.74 Å². The van der Waals surface area contributed by atoms with Crippen molar-refractivity contribution in [1.29, 1.82) is 0 Å². The van der Waals surface area contributed by atoms with Crippen molar-refractivity contribution < 1.29 is 14.6 Å². The Morgan fingerprint density at radius 1 is 1.29 bits per heavy atom. The molecule has 1 N–H and O–H groups in total. The Balaban J connectivity index is 2.24. The molecule has 3 rings (SSSR count). The van der Waals surface area contributed by atoms with Crippen molar-refractivity contribution >= 4 is 16.9 Å². The van der Waals surface area contributed by atoms with Crippen molar-refractivity contribution in [3.8, 4) is 17.1 Å². The van der Waals surface area contributed by atoms with Crippen LogP contribution in [-0.4, -0.2) is 27.7 Å². The Morgan fingerprint density at radius 3 is 2.81 bits per heavy atom. The van der Waals surface area contributed by atoms with Crippen LogP contribution in [0.1, 0.15) is 10.4 Å². The van der Waals surface area contributed by atoms with Gasteiger partial charge in [-0.2, -0.15) is 0 Å². The van der Waals surface area contributed by atoms with Gasteiger partial charge >= 0.3 is 5.97 Å². The second kappa shape index (κ2) is 4.94. The van der Waals surface area contributed by atoms with Gasteiger partial charge in [0.1, 0.15) is 5.75 Å². The molecule has 2 heterocycles. The normalized spacial score (nSPS) is 10.8. The van der Waals surface area contributed by atoms with Crippen LogP contribution in [0.15, 0.2) is 42.6 Å². The maximum absolute atomic E-state index is 11.1. The Bertz CT molecular complexity index is 837. The maximum Gasteiger partial charge on any atom is 0.335 e. The summed E-state index contributed by atoms with van der Waals surface area (Å²) >= 11 is 0. The lowest BCUT2D eigenvalue weighted by molar-refractivity contribution is 0.0697. The average molecular weight is 282 g/mol. The van der Waals surface area contributed by atoms with E-state index < -0.39 is 5.97 Å². The van der Waals surface area contributed by atoms with E-state index in [1.54, 1.807) is 13.2 Å². The molecule has 0 aliphatic heterocycles. The molecule has 0 bridgehead atoms. The van der Waals surface area contributed by atoms with Crippen molar-refractivity contribution in [2.24, 2.45) is 7.05 Å². The molecule has 0 fully saturated rings. The summed E-state index contributed by atoms with van der Waals surface area (Å²) in [4.78, 5) is 15.4. The topological polar surface area (TPSA) is 64.3 Å². The number of rotatable bonds is 3. The first kappa shape index (κ1) is 13.2. The van der Waals surface area contributed by atoms with Gasteiger partial charge in [-0.3, -0.25) is 4.98 Å². The summed E-state index contributed by atoms with van der Waals surface area (Å²) in [5.41, 5.74) is 2.64. The summed E-state index contributed by atoms with van der Waals surface area (Å²) in [6.07, 6.45) is 1.51. The second-order valence-electron chi connectivity index (χ2n) is 4.72. The number of aromatic carboxylic acids is 1. The average Bonchev–Trinajstić information content (AvgIpc) is 2.84. The van der Waals surface area contributed by atoms with Crippen LogP contribution in [0.25, 0.3) is 22.3 Å². The number of para-hydroxylation sites is 1. The largest absolute Gasteiger partial charge is 0.495 e. The third-order valence-corrected chi connectivity index (χ3v) is 3.51. The fourth-order valence-electron chi connectivity index (χ4n) is 2.49. The number of nitrogens with zero attached hydrogens (tertiary/aromatic N) is 2. The lowest BCUT2D eigenvalue weighted by atomic mass is 10.2. The summed E-state index contributed by atoms with van der Waals surface area (Å²) in [6, 6.07) is 10.8. The molecule has 1 aromatic carbocycles. The molecule has 0 atom stereocenters. The van der Waals surface area contributed by atoms with Gasteiger partial charge in [-0.15, -0.1) is 0 Å². The van der Waals surface area contributed by atoms with Gasteiger partial charge in [-0.25, -0.2) is 4.79 Å². The van der Waals surface area contributed by atoms with Gasteiger partial charge in [0, 0.05) is 18.6 Å². The summed E-state index contributed by atoms with van der Waals surface area (Å²) in [6.45, 7) is 0. The van der Waals surface area contributed by atoms with Crippen LogP contribution in [0, 0.1) is 0 Å². The highest BCUT2D eigenvalue weighted by molar-refractivity contribution is 5.92. The highest BCUT2D eigenvalue weighted by atomic mass is 16.5. The van der Waals surface area contributed by atoms with E-state index in [2.05, 4.69) is 4.98 Å². The Morgan fingerprint density at radius 2 is 2.10 bits per heavy atom. The van der Waals surface area contributed by atoms with Crippen molar-refractivity contribution in [3.63, 3.8) is 0 Å². The van der Waals surface area contributed by atoms with E-state index in [1.165, 1.54) is 12.3 Å². The number of fused-ring (bicyclic) bond motifs is 1. The Hall–Kier alpha value is -2.82. The van der Waals surface area contributed by atoms with Crippen molar-refractivity contribution in [2.75, 3.05) is 7.11 Å². The summed E-state index contributed by atoms with van der Waals surface area (Å²) in [7, 11) is 3.54. The zero-order valence-electron chi connectivity index (χ0n) is 11.7. The van der Waals surface area contributed by atoms with Gasteiger partial charge < -0.3 is 14.4 Å². The predicted octanol–water partition coefficient (Wildman–Crippen LogP) is 2.95. The maximum atomic E-state index is 11.1. The highest BCUT2D eigenvalue weighted by Crippen LogP contribution is 2.32. The van der Waals surface area contributed by atoms with E-state index in [4.69, 9.17) is 9.84 Å². The molecule has 5 nitrogen and oxygen atoms in total. The number of carbonyl (C=O) groups is 1. The smallest absolute Gasteiger partial charge is 0.335 e. The summed E-state index contributed by atoms with van der Waals surface area (Å²) < 4.78 is 7.34. The number of aromatic nitrogens is 2. The third-order valence-electron chi connectivity index (χ3n) is 3.51. The monoisotopic (exact) mass is 282 g/mol. The van der Waals surface area contributed by atoms with Crippen LogP contribution in [0.2, 0.25) is 0 Å². The van der Waals surface area contributed by atoms with Crippen molar-refractivity contribution in [2.45, 2.75) is 0 Å². The quantitative estimate of drug-likeness (QED) is 0.802. The Kier molecular flexibility index (Phi) is 3.10. The zero-order valence-corrected chi connectivity index (χ0v) is 11.7. The van der Waals surface area contributed by atoms with Gasteiger partial charge in [-0.1, -0.05) is 12.1 Å².